The van der Waals surface area contributed by atoms with Crippen LogP contribution in [-0.2, 0) is 0 Å². The summed E-state index contributed by atoms with van der Waals surface area (Å²) in [6.45, 7) is 10.6. The lowest BCUT2D eigenvalue weighted by molar-refractivity contribution is 0.348. The molecular formula is C13H18OS. The molecule has 1 aromatic carbocycles. The average molecular weight is 222 g/mol. The van der Waals surface area contributed by atoms with Gasteiger partial charge < -0.3 is 4.74 Å². The highest BCUT2D eigenvalue weighted by Crippen LogP contribution is 2.24. The Morgan fingerprint density at radius 2 is 1.80 bits per heavy atom. The second-order valence-electron chi connectivity index (χ2n) is 3.92. The van der Waals surface area contributed by atoms with Crippen LogP contribution in [0, 0.1) is 20.8 Å². The number of rotatable bonds is 4. The summed E-state index contributed by atoms with van der Waals surface area (Å²) in [4.78, 5) is 0. The van der Waals surface area contributed by atoms with Crippen LogP contribution >= 0.6 is 12.6 Å². The van der Waals surface area contributed by atoms with Crippen LogP contribution < -0.4 is 4.74 Å². The molecule has 0 amide bonds. The van der Waals surface area contributed by atoms with E-state index in [-0.39, 0.29) is 0 Å². The van der Waals surface area contributed by atoms with E-state index in [1.54, 1.807) is 0 Å². The molecule has 0 N–H and O–H groups in total. The van der Waals surface area contributed by atoms with Crippen LogP contribution in [0.15, 0.2) is 24.3 Å². The maximum absolute atomic E-state index is 5.73. The normalized spacial score (nSPS) is 10.1. The van der Waals surface area contributed by atoms with E-state index < -0.39 is 0 Å². The van der Waals surface area contributed by atoms with Gasteiger partial charge in [-0.05, 0) is 37.5 Å². The number of thiol groups is 1. The average Bonchev–Trinajstić information content (AvgIpc) is 2.15. The molecule has 0 atom stereocenters. The largest absolute Gasteiger partial charge is 0.489 e. The van der Waals surface area contributed by atoms with E-state index in [0.29, 0.717) is 12.4 Å². The standard InChI is InChI=1S/C13H18OS/c1-9-5-11(3)13(12(4)6-9)14-7-10(2)8-15/h5-6,15H,2,7-8H2,1,3-4H3. The lowest BCUT2D eigenvalue weighted by atomic mass is 10.1. The van der Waals surface area contributed by atoms with E-state index >= 15 is 0 Å². The maximum Gasteiger partial charge on any atom is 0.125 e. The SMILES string of the molecule is C=C(CS)COc1c(C)cc(C)cc1C. The molecule has 1 nitrogen and oxygen atoms in total. The Labute approximate surface area is 97.6 Å². The fourth-order valence-electron chi connectivity index (χ4n) is 1.61. The molecule has 0 aromatic heterocycles. The molecule has 1 aromatic rings. The van der Waals surface area contributed by atoms with Gasteiger partial charge in [-0.1, -0.05) is 24.3 Å². The van der Waals surface area contributed by atoms with Gasteiger partial charge in [-0.15, -0.1) is 0 Å². The minimum Gasteiger partial charge on any atom is -0.489 e. The van der Waals surface area contributed by atoms with Gasteiger partial charge in [0.1, 0.15) is 12.4 Å². The first kappa shape index (κ1) is 12.2. The predicted octanol–water partition coefficient (Wildman–Crippen LogP) is 3.48. The fraction of sp³-hybridized carbons (Fsp3) is 0.385. The van der Waals surface area contributed by atoms with Crippen molar-refractivity contribution in [2.75, 3.05) is 12.4 Å². The van der Waals surface area contributed by atoms with Crippen molar-refractivity contribution < 1.29 is 4.74 Å². The van der Waals surface area contributed by atoms with Crippen LogP contribution in [-0.4, -0.2) is 12.4 Å². The van der Waals surface area contributed by atoms with Gasteiger partial charge in [0.15, 0.2) is 0 Å². The van der Waals surface area contributed by atoms with Gasteiger partial charge in [0.2, 0.25) is 0 Å². The third-order valence-electron chi connectivity index (χ3n) is 2.25. The predicted molar refractivity (Wildman–Crippen MR) is 69.1 cm³/mol. The van der Waals surface area contributed by atoms with Crippen LogP contribution in [0.1, 0.15) is 16.7 Å². The number of ether oxygens (including phenoxy) is 1. The first-order valence-corrected chi connectivity index (χ1v) is 5.66. The molecular weight excluding hydrogens is 204 g/mol. The van der Waals surface area contributed by atoms with Crippen LogP contribution in [0.25, 0.3) is 0 Å². The van der Waals surface area contributed by atoms with Crippen molar-refractivity contribution in [2.24, 2.45) is 0 Å². The van der Waals surface area contributed by atoms with Gasteiger partial charge in [-0.3, -0.25) is 0 Å². The van der Waals surface area contributed by atoms with Crippen LogP contribution in [0.4, 0.5) is 0 Å². The molecule has 0 heterocycles. The zero-order valence-corrected chi connectivity index (χ0v) is 10.5. The lowest BCUT2D eigenvalue weighted by Gasteiger charge is -2.13. The van der Waals surface area contributed by atoms with Crippen molar-refractivity contribution in [1.29, 1.82) is 0 Å². The molecule has 0 aliphatic carbocycles. The fourth-order valence-corrected chi connectivity index (χ4v) is 1.71. The third kappa shape index (κ3) is 3.31. The monoisotopic (exact) mass is 222 g/mol. The van der Waals surface area contributed by atoms with Crippen LogP contribution in [0.2, 0.25) is 0 Å². The summed E-state index contributed by atoms with van der Waals surface area (Å²) in [7, 11) is 0. The molecule has 15 heavy (non-hydrogen) atoms. The van der Waals surface area contributed by atoms with Crippen molar-refractivity contribution in [3.8, 4) is 5.75 Å². The number of benzene rings is 1. The first-order valence-electron chi connectivity index (χ1n) is 5.02. The molecule has 1 rings (SSSR count). The Bertz CT molecular complexity index is 346. The van der Waals surface area contributed by atoms with Gasteiger partial charge in [-0.25, -0.2) is 0 Å². The summed E-state index contributed by atoms with van der Waals surface area (Å²) in [5.74, 6) is 1.65. The van der Waals surface area contributed by atoms with Crippen molar-refractivity contribution in [1.82, 2.24) is 0 Å². The van der Waals surface area contributed by atoms with E-state index in [4.69, 9.17) is 4.74 Å². The minimum absolute atomic E-state index is 0.550. The maximum atomic E-state index is 5.73. The summed E-state index contributed by atoms with van der Waals surface area (Å²) in [6, 6.07) is 4.26. The highest BCUT2D eigenvalue weighted by atomic mass is 32.1. The molecule has 0 fully saturated rings. The Morgan fingerprint density at radius 1 is 1.27 bits per heavy atom. The minimum atomic E-state index is 0.550. The van der Waals surface area contributed by atoms with Crippen molar-refractivity contribution in [2.45, 2.75) is 20.8 Å². The number of hydrogen-bond donors (Lipinski definition) is 1. The second kappa shape index (κ2) is 5.26. The summed E-state index contributed by atoms with van der Waals surface area (Å²) < 4.78 is 5.73. The quantitative estimate of drug-likeness (QED) is 0.606. The van der Waals surface area contributed by atoms with E-state index in [1.807, 2.05) is 0 Å². The number of hydrogen-bond acceptors (Lipinski definition) is 2. The lowest BCUT2D eigenvalue weighted by Crippen LogP contribution is -2.04. The molecule has 2 heteroatoms. The summed E-state index contributed by atoms with van der Waals surface area (Å²) in [6.07, 6.45) is 0. The van der Waals surface area contributed by atoms with Gasteiger partial charge >= 0.3 is 0 Å². The third-order valence-corrected chi connectivity index (χ3v) is 2.70. The molecule has 0 spiro atoms. The molecule has 82 valence electrons. The van der Waals surface area contributed by atoms with Crippen molar-refractivity contribution >= 4 is 12.6 Å². The summed E-state index contributed by atoms with van der Waals surface area (Å²) in [5, 5.41) is 0. The van der Waals surface area contributed by atoms with E-state index in [0.717, 1.165) is 11.3 Å². The zero-order chi connectivity index (χ0) is 11.4. The zero-order valence-electron chi connectivity index (χ0n) is 9.63. The molecule has 0 saturated heterocycles. The first-order chi connectivity index (χ1) is 7.04. The molecule has 0 unspecified atom stereocenters. The second-order valence-corrected chi connectivity index (χ2v) is 4.24. The van der Waals surface area contributed by atoms with Gasteiger partial charge in [0.05, 0.1) is 0 Å². The van der Waals surface area contributed by atoms with E-state index in [1.165, 1.54) is 16.7 Å². The smallest absolute Gasteiger partial charge is 0.125 e. The Hall–Kier alpha value is -0.890. The Balaban J connectivity index is 2.81. The topological polar surface area (TPSA) is 9.23 Å². The van der Waals surface area contributed by atoms with Crippen molar-refractivity contribution in [3.63, 3.8) is 0 Å². The molecule has 0 radical (unpaired) electrons. The van der Waals surface area contributed by atoms with Gasteiger partial charge in [0, 0.05) is 5.75 Å². The van der Waals surface area contributed by atoms with Crippen LogP contribution in [0.5, 0.6) is 5.75 Å². The number of aryl methyl sites for hydroxylation is 3. The highest BCUT2D eigenvalue weighted by molar-refractivity contribution is 7.80. The van der Waals surface area contributed by atoms with E-state index in [2.05, 4.69) is 52.1 Å². The molecule has 0 bridgehead atoms. The molecule has 0 aliphatic rings. The van der Waals surface area contributed by atoms with Gasteiger partial charge in [0.25, 0.3) is 0 Å². The van der Waals surface area contributed by atoms with Gasteiger partial charge in [-0.2, -0.15) is 12.6 Å². The molecule has 0 aliphatic heterocycles. The summed E-state index contributed by atoms with van der Waals surface area (Å²) >= 11 is 4.15. The highest BCUT2D eigenvalue weighted by Gasteiger charge is 2.05. The summed E-state index contributed by atoms with van der Waals surface area (Å²) in [5.41, 5.74) is 4.63. The Kier molecular flexibility index (Phi) is 4.28. The van der Waals surface area contributed by atoms with Crippen molar-refractivity contribution in [3.05, 3.63) is 41.0 Å². The molecule has 0 saturated carbocycles. The Morgan fingerprint density at radius 3 is 2.27 bits per heavy atom. The van der Waals surface area contributed by atoms with E-state index in [9.17, 15) is 0 Å². The van der Waals surface area contributed by atoms with Crippen LogP contribution in [0.3, 0.4) is 0 Å².